The van der Waals surface area contributed by atoms with Crippen LogP contribution < -0.4 is 5.43 Å². The van der Waals surface area contributed by atoms with Gasteiger partial charge in [-0.15, -0.1) is 0 Å². The van der Waals surface area contributed by atoms with E-state index in [1.54, 1.807) is 24.3 Å². The van der Waals surface area contributed by atoms with Crippen LogP contribution in [0.4, 0.5) is 0 Å². The minimum Gasteiger partial charge on any atom is -0.317 e. The lowest BCUT2D eigenvalue weighted by molar-refractivity contribution is -0.116. The molecule has 0 unspecified atom stereocenters. The smallest absolute Gasteiger partial charge is 0.177 e. The van der Waals surface area contributed by atoms with Gasteiger partial charge in [0.15, 0.2) is 5.78 Å². The highest BCUT2D eigenvalue weighted by atomic mass is 35.5. The Bertz CT molecular complexity index is 822. The number of rotatable bonds is 2. The maximum Gasteiger partial charge on any atom is 0.177 e. The van der Waals surface area contributed by atoms with E-state index in [2.05, 4.69) is 11.5 Å². The average Bonchev–Trinajstić information content (AvgIpc) is 2.72. The number of nitrogens with zero attached hydrogens (tertiary/aromatic N) is 2. The number of nitriles is 1. The second-order valence-electron chi connectivity index (χ2n) is 5.65. The Morgan fingerprint density at radius 3 is 2.46 bits per heavy atom. The number of benzene rings is 2. The van der Waals surface area contributed by atoms with E-state index in [-0.39, 0.29) is 23.8 Å². The first-order valence-electron chi connectivity index (χ1n) is 7.58. The molecule has 4 nitrogen and oxygen atoms in total. The summed E-state index contributed by atoms with van der Waals surface area (Å²) < 4.78 is 0. The Kier molecular flexibility index (Phi) is 4.66. The minimum atomic E-state index is -0.173. The molecular formula is C19H16ClN3O. The third-order valence-electron chi connectivity index (χ3n) is 4.09. The van der Waals surface area contributed by atoms with E-state index in [0.29, 0.717) is 10.7 Å². The standard InChI is InChI=1S/C19H16ClN3O/c1-23-17(13-5-3-2-4-6-13)11-18(24)16(12-21)19(22-23)14-7-9-15(20)10-8-14/h2-10,17,22H,11H2,1H3/t17-/m0/s1. The molecular weight excluding hydrogens is 322 g/mol. The van der Waals surface area contributed by atoms with Crippen molar-refractivity contribution in [3.63, 3.8) is 0 Å². The monoisotopic (exact) mass is 337 g/mol. The molecule has 0 fully saturated rings. The minimum absolute atomic E-state index is 0.141. The molecule has 2 aromatic carbocycles. The second-order valence-corrected chi connectivity index (χ2v) is 6.08. The SMILES string of the molecule is CN1NC(c2ccc(Cl)cc2)=C(C#N)C(=O)C[C@H]1c1ccccc1. The van der Waals surface area contributed by atoms with Crippen LogP contribution in [0.5, 0.6) is 0 Å². The first-order chi connectivity index (χ1) is 11.6. The number of ketones is 1. The van der Waals surface area contributed by atoms with E-state index in [1.165, 1.54) is 0 Å². The van der Waals surface area contributed by atoms with Crippen molar-refractivity contribution in [1.82, 2.24) is 10.4 Å². The van der Waals surface area contributed by atoms with E-state index in [1.807, 2.05) is 42.4 Å². The molecule has 1 atom stereocenters. The normalized spacial score (nSPS) is 18.7. The van der Waals surface area contributed by atoms with Crippen LogP contribution in [0.3, 0.4) is 0 Å². The van der Waals surface area contributed by atoms with Crippen LogP contribution in [0, 0.1) is 11.3 Å². The molecule has 2 aromatic rings. The highest BCUT2D eigenvalue weighted by Gasteiger charge is 2.29. The van der Waals surface area contributed by atoms with Gasteiger partial charge in [0, 0.05) is 24.1 Å². The maximum absolute atomic E-state index is 12.7. The quantitative estimate of drug-likeness (QED) is 0.907. The molecule has 3 rings (SSSR count). The molecule has 0 saturated heterocycles. The Hall–Kier alpha value is -2.61. The molecule has 5 heteroatoms. The first-order valence-corrected chi connectivity index (χ1v) is 7.96. The summed E-state index contributed by atoms with van der Waals surface area (Å²) in [5.74, 6) is -0.173. The van der Waals surface area contributed by atoms with Gasteiger partial charge in [-0.1, -0.05) is 54.1 Å². The molecule has 120 valence electrons. The van der Waals surface area contributed by atoms with Crippen LogP contribution >= 0.6 is 11.6 Å². The lowest BCUT2D eigenvalue weighted by atomic mass is 9.97. The number of allylic oxidation sites excluding steroid dienone is 1. The molecule has 1 aliphatic heterocycles. The molecule has 0 saturated carbocycles. The number of Topliss-reactive ketones (excluding diaryl/α,β-unsaturated/α-hetero) is 1. The Labute approximate surface area is 145 Å². The summed E-state index contributed by atoms with van der Waals surface area (Å²) in [5.41, 5.74) is 5.65. The summed E-state index contributed by atoms with van der Waals surface area (Å²) in [6.07, 6.45) is 0.244. The zero-order valence-electron chi connectivity index (χ0n) is 13.2. The Morgan fingerprint density at radius 2 is 1.83 bits per heavy atom. The summed E-state index contributed by atoms with van der Waals surface area (Å²) in [6.45, 7) is 0. The lowest BCUT2D eigenvalue weighted by Crippen LogP contribution is -2.35. The highest BCUT2D eigenvalue weighted by Crippen LogP contribution is 2.30. The summed E-state index contributed by atoms with van der Waals surface area (Å²) in [5, 5.41) is 12.0. The van der Waals surface area contributed by atoms with Crippen molar-refractivity contribution in [3.8, 4) is 6.07 Å². The molecule has 0 aromatic heterocycles. The fraction of sp³-hybridized carbons (Fsp3) is 0.158. The van der Waals surface area contributed by atoms with Crippen molar-refractivity contribution in [3.05, 3.63) is 76.3 Å². The average molecular weight is 338 g/mol. The van der Waals surface area contributed by atoms with Gasteiger partial charge >= 0.3 is 0 Å². The van der Waals surface area contributed by atoms with Crippen molar-refractivity contribution < 1.29 is 4.79 Å². The van der Waals surface area contributed by atoms with Gasteiger partial charge in [0.1, 0.15) is 11.6 Å². The summed E-state index contributed by atoms with van der Waals surface area (Å²) in [7, 11) is 1.88. The highest BCUT2D eigenvalue weighted by molar-refractivity contribution is 6.30. The summed E-state index contributed by atoms with van der Waals surface area (Å²) in [6, 6.07) is 18.8. The third kappa shape index (κ3) is 3.18. The fourth-order valence-corrected chi connectivity index (χ4v) is 2.95. The first kappa shape index (κ1) is 16.3. The fourth-order valence-electron chi connectivity index (χ4n) is 2.82. The van der Waals surface area contributed by atoms with Crippen molar-refractivity contribution >= 4 is 23.1 Å². The zero-order valence-corrected chi connectivity index (χ0v) is 13.9. The van der Waals surface area contributed by atoms with Crippen LogP contribution in [-0.4, -0.2) is 17.8 Å². The summed E-state index contributed by atoms with van der Waals surface area (Å²) >= 11 is 5.93. The lowest BCUT2D eigenvalue weighted by Gasteiger charge is -2.27. The molecule has 0 spiro atoms. The van der Waals surface area contributed by atoms with E-state index >= 15 is 0 Å². The van der Waals surface area contributed by atoms with E-state index in [4.69, 9.17) is 11.6 Å². The molecule has 1 aliphatic rings. The van der Waals surface area contributed by atoms with Crippen LogP contribution in [0.1, 0.15) is 23.6 Å². The predicted octanol–water partition coefficient (Wildman–Crippen LogP) is 3.73. The molecule has 0 amide bonds. The Morgan fingerprint density at radius 1 is 1.17 bits per heavy atom. The molecule has 0 bridgehead atoms. The molecule has 24 heavy (non-hydrogen) atoms. The Balaban J connectivity index is 2.02. The number of halogens is 1. The molecule has 1 heterocycles. The van der Waals surface area contributed by atoms with Gasteiger partial charge in [-0.05, 0) is 17.7 Å². The van der Waals surface area contributed by atoms with Gasteiger partial charge < -0.3 is 5.43 Å². The predicted molar refractivity (Wildman–Crippen MR) is 93.7 cm³/mol. The van der Waals surface area contributed by atoms with Gasteiger partial charge in [-0.2, -0.15) is 5.26 Å². The van der Waals surface area contributed by atoms with Crippen molar-refractivity contribution in [1.29, 1.82) is 5.26 Å². The number of hydrogen-bond acceptors (Lipinski definition) is 4. The van der Waals surface area contributed by atoms with Gasteiger partial charge in [-0.25, -0.2) is 5.01 Å². The number of hydrogen-bond donors (Lipinski definition) is 1. The number of carbonyl (C=O) groups excluding carboxylic acids is 1. The molecule has 1 N–H and O–H groups in total. The zero-order chi connectivity index (χ0) is 17.1. The third-order valence-corrected chi connectivity index (χ3v) is 4.34. The number of nitrogens with one attached hydrogen (secondary N) is 1. The second kappa shape index (κ2) is 6.88. The van der Waals surface area contributed by atoms with Gasteiger partial charge in [0.05, 0.1) is 11.7 Å². The van der Waals surface area contributed by atoms with Crippen LogP contribution in [0.15, 0.2) is 60.2 Å². The van der Waals surface area contributed by atoms with Gasteiger partial charge in [0.2, 0.25) is 0 Å². The van der Waals surface area contributed by atoms with E-state index in [0.717, 1.165) is 11.1 Å². The van der Waals surface area contributed by atoms with Gasteiger partial charge in [-0.3, -0.25) is 4.79 Å². The van der Waals surface area contributed by atoms with E-state index < -0.39 is 0 Å². The van der Waals surface area contributed by atoms with E-state index in [9.17, 15) is 10.1 Å². The van der Waals surface area contributed by atoms with Crippen LogP contribution in [0.25, 0.3) is 5.70 Å². The van der Waals surface area contributed by atoms with Crippen LogP contribution in [0.2, 0.25) is 5.02 Å². The largest absolute Gasteiger partial charge is 0.317 e. The van der Waals surface area contributed by atoms with Crippen molar-refractivity contribution in [2.24, 2.45) is 0 Å². The maximum atomic E-state index is 12.7. The molecule has 0 radical (unpaired) electrons. The van der Waals surface area contributed by atoms with Crippen LogP contribution in [-0.2, 0) is 4.79 Å². The topological polar surface area (TPSA) is 56.1 Å². The summed E-state index contributed by atoms with van der Waals surface area (Å²) in [4.78, 5) is 12.7. The molecule has 0 aliphatic carbocycles. The van der Waals surface area contributed by atoms with Crippen molar-refractivity contribution in [2.45, 2.75) is 12.5 Å². The number of carbonyl (C=O) groups is 1. The number of hydrazine groups is 1. The van der Waals surface area contributed by atoms with Crippen molar-refractivity contribution in [2.75, 3.05) is 7.05 Å². The van der Waals surface area contributed by atoms with Gasteiger partial charge in [0.25, 0.3) is 0 Å².